The molecule has 1 atom stereocenters. The molecule has 0 heterocycles. The van der Waals surface area contributed by atoms with Crippen molar-refractivity contribution in [2.24, 2.45) is 0 Å². The summed E-state index contributed by atoms with van der Waals surface area (Å²) in [4.78, 5) is 34.1. The van der Waals surface area contributed by atoms with Crippen LogP contribution in [0.3, 0.4) is 0 Å². The van der Waals surface area contributed by atoms with Crippen LogP contribution >= 0.6 is 11.8 Å². The van der Waals surface area contributed by atoms with Crippen molar-refractivity contribution in [3.05, 3.63) is 24.3 Å². The molecule has 0 aliphatic heterocycles. The summed E-state index contributed by atoms with van der Waals surface area (Å²) in [6, 6.07) is 5.14. The third-order valence-electron chi connectivity index (χ3n) is 2.61. The Morgan fingerprint density at radius 3 is 2.48 bits per heavy atom. The Kier molecular flexibility index (Phi) is 6.54. The predicted molar refractivity (Wildman–Crippen MR) is 78.7 cm³/mol. The minimum absolute atomic E-state index is 0.178. The molecule has 0 radical (unpaired) electrons. The SMILES string of the molecule is CSc1ccccc1NC(=O)NC(CCC(=O)O)C(=O)O. The third-order valence-corrected chi connectivity index (χ3v) is 3.40. The van der Waals surface area contributed by atoms with E-state index in [2.05, 4.69) is 10.6 Å². The van der Waals surface area contributed by atoms with Gasteiger partial charge in [0.05, 0.1) is 5.69 Å². The zero-order chi connectivity index (χ0) is 15.8. The first kappa shape index (κ1) is 16.8. The second-order valence-electron chi connectivity index (χ2n) is 4.12. The quantitative estimate of drug-likeness (QED) is 0.571. The number of hydrogen-bond acceptors (Lipinski definition) is 4. The highest BCUT2D eigenvalue weighted by molar-refractivity contribution is 7.98. The lowest BCUT2D eigenvalue weighted by atomic mass is 10.1. The Bertz CT molecular complexity index is 535. The van der Waals surface area contributed by atoms with E-state index < -0.39 is 24.0 Å². The summed E-state index contributed by atoms with van der Waals surface area (Å²) in [5.41, 5.74) is 0.560. The van der Waals surface area contributed by atoms with Gasteiger partial charge in [0, 0.05) is 11.3 Å². The van der Waals surface area contributed by atoms with Gasteiger partial charge in [0.25, 0.3) is 0 Å². The van der Waals surface area contributed by atoms with E-state index >= 15 is 0 Å². The zero-order valence-corrected chi connectivity index (χ0v) is 12.1. The molecule has 4 N–H and O–H groups in total. The van der Waals surface area contributed by atoms with Gasteiger partial charge in [-0.05, 0) is 24.8 Å². The monoisotopic (exact) mass is 312 g/mol. The van der Waals surface area contributed by atoms with Crippen LogP contribution in [0.25, 0.3) is 0 Å². The van der Waals surface area contributed by atoms with Gasteiger partial charge in [-0.1, -0.05) is 12.1 Å². The lowest BCUT2D eigenvalue weighted by molar-refractivity contribution is -0.140. The summed E-state index contributed by atoms with van der Waals surface area (Å²) in [5, 5.41) is 22.3. The molecule has 0 bridgehead atoms. The number of carboxylic acid groups (broad SMARTS) is 2. The molecule has 8 heteroatoms. The topological polar surface area (TPSA) is 116 Å². The number of benzene rings is 1. The number of aliphatic carboxylic acids is 2. The number of amides is 2. The lowest BCUT2D eigenvalue weighted by Crippen LogP contribution is -2.43. The van der Waals surface area contributed by atoms with Crippen molar-refractivity contribution in [1.29, 1.82) is 0 Å². The summed E-state index contributed by atoms with van der Waals surface area (Å²) < 4.78 is 0. The maximum absolute atomic E-state index is 11.8. The van der Waals surface area contributed by atoms with E-state index in [1.54, 1.807) is 12.1 Å². The maximum Gasteiger partial charge on any atom is 0.326 e. The molecule has 1 aromatic rings. The molecule has 1 aromatic carbocycles. The second-order valence-corrected chi connectivity index (χ2v) is 4.97. The van der Waals surface area contributed by atoms with Crippen molar-refractivity contribution in [1.82, 2.24) is 5.32 Å². The van der Waals surface area contributed by atoms with Gasteiger partial charge in [0.1, 0.15) is 6.04 Å². The molecule has 0 saturated carbocycles. The number of carbonyl (C=O) groups excluding carboxylic acids is 1. The summed E-state index contributed by atoms with van der Waals surface area (Å²) in [7, 11) is 0. The highest BCUT2D eigenvalue weighted by Gasteiger charge is 2.21. The number of thioether (sulfide) groups is 1. The fourth-order valence-electron chi connectivity index (χ4n) is 1.59. The number of anilines is 1. The zero-order valence-electron chi connectivity index (χ0n) is 11.3. The number of hydrogen-bond donors (Lipinski definition) is 4. The molecule has 2 amide bonds. The number of nitrogens with one attached hydrogen (secondary N) is 2. The van der Waals surface area contributed by atoms with Crippen LogP contribution in [-0.2, 0) is 9.59 Å². The molecule has 1 unspecified atom stereocenters. The average molecular weight is 312 g/mol. The Morgan fingerprint density at radius 1 is 1.24 bits per heavy atom. The van der Waals surface area contributed by atoms with Crippen LogP contribution in [0, 0.1) is 0 Å². The van der Waals surface area contributed by atoms with Crippen molar-refractivity contribution in [2.45, 2.75) is 23.8 Å². The van der Waals surface area contributed by atoms with Crippen LogP contribution in [-0.4, -0.2) is 40.5 Å². The maximum atomic E-state index is 11.8. The van der Waals surface area contributed by atoms with Crippen LogP contribution in [0.2, 0.25) is 0 Å². The van der Waals surface area contributed by atoms with Gasteiger partial charge in [-0.3, -0.25) is 4.79 Å². The molecule has 0 aromatic heterocycles. The van der Waals surface area contributed by atoms with E-state index in [1.807, 2.05) is 18.4 Å². The van der Waals surface area contributed by atoms with Gasteiger partial charge in [0.15, 0.2) is 0 Å². The van der Waals surface area contributed by atoms with Crippen LogP contribution in [0.15, 0.2) is 29.2 Å². The van der Waals surface area contributed by atoms with Crippen LogP contribution < -0.4 is 10.6 Å². The fourth-order valence-corrected chi connectivity index (χ4v) is 2.14. The van der Waals surface area contributed by atoms with Crippen molar-refractivity contribution in [3.63, 3.8) is 0 Å². The second kappa shape index (κ2) is 8.15. The molecule has 0 aliphatic carbocycles. The summed E-state index contributed by atoms with van der Waals surface area (Å²) in [6.45, 7) is 0. The highest BCUT2D eigenvalue weighted by atomic mass is 32.2. The third kappa shape index (κ3) is 5.74. The van der Waals surface area contributed by atoms with Crippen molar-refractivity contribution < 1.29 is 24.6 Å². The van der Waals surface area contributed by atoms with E-state index in [0.29, 0.717) is 5.69 Å². The van der Waals surface area contributed by atoms with E-state index in [-0.39, 0.29) is 12.8 Å². The lowest BCUT2D eigenvalue weighted by Gasteiger charge is -2.15. The minimum Gasteiger partial charge on any atom is -0.481 e. The molecule has 1 rings (SSSR count). The highest BCUT2D eigenvalue weighted by Crippen LogP contribution is 2.24. The van der Waals surface area contributed by atoms with Crippen molar-refractivity contribution in [3.8, 4) is 0 Å². The smallest absolute Gasteiger partial charge is 0.326 e. The van der Waals surface area contributed by atoms with E-state index in [9.17, 15) is 14.4 Å². The number of carboxylic acids is 2. The van der Waals surface area contributed by atoms with Crippen molar-refractivity contribution in [2.75, 3.05) is 11.6 Å². The first-order valence-electron chi connectivity index (χ1n) is 6.09. The molecule has 7 nitrogen and oxygen atoms in total. The van der Waals surface area contributed by atoms with Crippen LogP contribution in [0.1, 0.15) is 12.8 Å². The molecule has 0 saturated heterocycles. The van der Waals surface area contributed by atoms with Gasteiger partial charge in [-0.25, -0.2) is 9.59 Å². The predicted octanol–water partition coefficient (Wildman–Crippen LogP) is 1.85. The standard InChI is InChI=1S/C13H16N2O5S/c1-21-10-5-3-2-4-8(10)14-13(20)15-9(12(18)19)6-7-11(16)17/h2-5,9H,6-7H2,1H3,(H,16,17)(H,18,19)(H2,14,15,20). The average Bonchev–Trinajstić information content (AvgIpc) is 2.43. The van der Waals surface area contributed by atoms with Crippen LogP contribution in [0.5, 0.6) is 0 Å². The number of rotatable bonds is 7. The minimum atomic E-state index is -1.27. The Morgan fingerprint density at radius 2 is 1.90 bits per heavy atom. The van der Waals surface area contributed by atoms with E-state index in [0.717, 1.165) is 4.90 Å². The van der Waals surface area contributed by atoms with Gasteiger partial charge in [-0.15, -0.1) is 11.8 Å². The Hall–Kier alpha value is -2.22. The summed E-state index contributed by atoms with van der Waals surface area (Å²) in [5.74, 6) is -2.39. The summed E-state index contributed by atoms with van der Waals surface area (Å²) in [6.07, 6.45) is 1.34. The Balaban J connectivity index is 2.65. The molecule has 0 spiro atoms. The molecule has 21 heavy (non-hydrogen) atoms. The molecular formula is C13H16N2O5S. The van der Waals surface area contributed by atoms with Gasteiger partial charge >= 0.3 is 18.0 Å². The fraction of sp³-hybridized carbons (Fsp3) is 0.308. The van der Waals surface area contributed by atoms with E-state index in [4.69, 9.17) is 10.2 Å². The first-order valence-corrected chi connectivity index (χ1v) is 7.31. The molecule has 0 aliphatic rings. The van der Waals surface area contributed by atoms with Crippen molar-refractivity contribution >= 4 is 35.4 Å². The first-order chi connectivity index (χ1) is 9.93. The Labute approximate surface area is 125 Å². The molecule has 114 valence electrons. The van der Waals surface area contributed by atoms with Gasteiger partial charge < -0.3 is 20.8 Å². The number of para-hydroxylation sites is 1. The normalized spacial score (nSPS) is 11.5. The number of carbonyl (C=O) groups is 3. The summed E-state index contributed by atoms with van der Waals surface area (Å²) >= 11 is 1.44. The van der Waals surface area contributed by atoms with Crippen LogP contribution in [0.4, 0.5) is 10.5 Å². The largest absolute Gasteiger partial charge is 0.481 e. The molecule has 0 fully saturated rings. The van der Waals surface area contributed by atoms with Gasteiger partial charge in [-0.2, -0.15) is 0 Å². The number of urea groups is 1. The molecular weight excluding hydrogens is 296 g/mol. The van der Waals surface area contributed by atoms with Gasteiger partial charge in [0.2, 0.25) is 0 Å². The van der Waals surface area contributed by atoms with E-state index in [1.165, 1.54) is 11.8 Å².